The highest BCUT2D eigenvalue weighted by molar-refractivity contribution is 7.98. The molecule has 0 aliphatic carbocycles. The van der Waals surface area contributed by atoms with Gasteiger partial charge in [-0.25, -0.2) is 0 Å². The largest absolute Gasteiger partial charge is 0.352 e. The number of thioether (sulfide) groups is 1. The molecule has 0 saturated heterocycles. The third-order valence-electron chi connectivity index (χ3n) is 3.82. The van der Waals surface area contributed by atoms with Crippen LogP contribution in [0, 0.1) is 6.92 Å². The number of benzene rings is 2. The van der Waals surface area contributed by atoms with Crippen LogP contribution in [0.3, 0.4) is 0 Å². The van der Waals surface area contributed by atoms with Crippen LogP contribution in [0.25, 0.3) is 0 Å². The van der Waals surface area contributed by atoms with E-state index in [1.165, 1.54) is 17.3 Å². The summed E-state index contributed by atoms with van der Waals surface area (Å²) in [5.74, 6) is 1.66. The Balaban J connectivity index is 1.52. The number of carbonyl (C=O) groups is 1. The molecule has 1 heterocycles. The molecule has 5 nitrogen and oxygen atoms in total. The van der Waals surface area contributed by atoms with Crippen LogP contribution in [-0.4, -0.2) is 22.6 Å². The van der Waals surface area contributed by atoms with Gasteiger partial charge in [0.1, 0.15) is 0 Å². The minimum atomic E-state index is -0.0529. The van der Waals surface area contributed by atoms with E-state index in [1.54, 1.807) is 6.92 Å². The standard InChI is InChI=1S/C20H21N3O2S/c1-15-22-19(25-23-15)14-26-18-12-6-5-11-17(18)20(24)21-13-7-10-16-8-3-2-4-9-16/h2-6,8-9,11-12H,7,10,13-14H2,1H3,(H,21,24). The van der Waals surface area contributed by atoms with Crippen LogP contribution in [0.2, 0.25) is 0 Å². The first-order valence-corrected chi connectivity index (χ1v) is 9.54. The number of rotatable bonds is 8. The molecule has 0 fully saturated rings. The van der Waals surface area contributed by atoms with E-state index in [-0.39, 0.29) is 5.91 Å². The van der Waals surface area contributed by atoms with E-state index in [2.05, 4.69) is 27.6 Å². The molecule has 2 aromatic carbocycles. The van der Waals surface area contributed by atoms with Gasteiger partial charge in [-0.1, -0.05) is 47.6 Å². The van der Waals surface area contributed by atoms with Crippen molar-refractivity contribution in [2.24, 2.45) is 0 Å². The molecule has 1 aromatic heterocycles. The van der Waals surface area contributed by atoms with Gasteiger partial charge in [-0.3, -0.25) is 4.79 Å². The molecular formula is C20H21N3O2S. The van der Waals surface area contributed by atoms with Gasteiger partial charge >= 0.3 is 0 Å². The van der Waals surface area contributed by atoms with Gasteiger partial charge < -0.3 is 9.84 Å². The summed E-state index contributed by atoms with van der Waals surface area (Å²) >= 11 is 1.52. The molecule has 0 atom stereocenters. The maximum absolute atomic E-state index is 12.5. The Morgan fingerprint density at radius 2 is 1.88 bits per heavy atom. The summed E-state index contributed by atoms with van der Waals surface area (Å²) in [5, 5.41) is 6.79. The lowest BCUT2D eigenvalue weighted by atomic mass is 10.1. The highest BCUT2D eigenvalue weighted by atomic mass is 32.2. The topological polar surface area (TPSA) is 68.0 Å². The molecule has 6 heteroatoms. The second-order valence-corrected chi connectivity index (χ2v) is 6.88. The Morgan fingerprint density at radius 1 is 1.12 bits per heavy atom. The number of carbonyl (C=O) groups excluding carboxylic acids is 1. The Hall–Kier alpha value is -2.60. The zero-order valence-electron chi connectivity index (χ0n) is 14.6. The van der Waals surface area contributed by atoms with Crippen LogP contribution >= 0.6 is 11.8 Å². The lowest BCUT2D eigenvalue weighted by molar-refractivity contribution is 0.0950. The number of nitrogens with zero attached hydrogens (tertiary/aromatic N) is 2. The first-order chi connectivity index (χ1) is 12.7. The van der Waals surface area contributed by atoms with Crippen molar-refractivity contribution in [1.29, 1.82) is 0 Å². The van der Waals surface area contributed by atoms with E-state index in [0.29, 0.717) is 29.6 Å². The molecule has 0 unspecified atom stereocenters. The van der Waals surface area contributed by atoms with Crippen molar-refractivity contribution in [2.75, 3.05) is 6.54 Å². The molecule has 26 heavy (non-hydrogen) atoms. The third-order valence-corrected chi connectivity index (χ3v) is 4.88. The molecule has 0 saturated carbocycles. The summed E-state index contributed by atoms with van der Waals surface area (Å²) in [4.78, 5) is 17.6. The van der Waals surface area contributed by atoms with Gasteiger partial charge in [-0.15, -0.1) is 11.8 Å². The summed E-state index contributed by atoms with van der Waals surface area (Å²) in [6, 6.07) is 17.9. The maximum Gasteiger partial charge on any atom is 0.252 e. The lowest BCUT2D eigenvalue weighted by Crippen LogP contribution is -2.25. The molecule has 3 aromatic rings. The minimum Gasteiger partial charge on any atom is -0.352 e. The van der Waals surface area contributed by atoms with Gasteiger partial charge in [0.05, 0.1) is 11.3 Å². The molecule has 134 valence electrons. The van der Waals surface area contributed by atoms with E-state index in [4.69, 9.17) is 4.52 Å². The average molecular weight is 367 g/mol. The second kappa shape index (κ2) is 9.20. The summed E-state index contributed by atoms with van der Waals surface area (Å²) in [5.41, 5.74) is 1.96. The number of hydrogen-bond donors (Lipinski definition) is 1. The fourth-order valence-electron chi connectivity index (χ4n) is 2.55. The van der Waals surface area contributed by atoms with Gasteiger partial charge in [0.25, 0.3) is 5.91 Å². The van der Waals surface area contributed by atoms with Crippen molar-refractivity contribution in [3.63, 3.8) is 0 Å². The first-order valence-electron chi connectivity index (χ1n) is 8.55. The molecule has 0 spiro atoms. The monoisotopic (exact) mass is 367 g/mol. The fraction of sp³-hybridized carbons (Fsp3) is 0.250. The van der Waals surface area contributed by atoms with E-state index in [9.17, 15) is 4.79 Å². The van der Waals surface area contributed by atoms with Crippen LogP contribution < -0.4 is 5.32 Å². The van der Waals surface area contributed by atoms with Crippen molar-refractivity contribution in [1.82, 2.24) is 15.5 Å². The molecule has 0 bridgehead atoms. The summed E-state index contributed by atoms with van der Waals surface area (Å²) in [6.45, 7) is 2.43. The van der Waals surface area contributed by atoms with E-state index in [0.717, 1.165) is 17.7 Å². The van der Waals surface area contributed by atoms with Crippen molar-refractivity contribution >= 4 is 17.7 Å². The molecule has 1 amide bonds. The van der Waals surface area contributed by atoms with Crippen LogP contribution in [-0.2, 0) is 12.2 Å². The van der Waals surface area contributed by atoms with E-state index >= 15 is 0 Å². The Labute approximate surface area is 157 Å². The van der Waals surface area contributed by atoms with E-state index in [1.807, 2.05) is 42.5 Å². The van der Waals surface area contributed by atoms with Crippen LogP contribution in [0.15, 0.2) is 64.0 Å². The van der Waals surface area contributed by atoms with E-state index < -0.39 is 0 Å². The predicted octanol–water partition coefficient (Wildman–Crippen LogP) is 4.03. The Bertz CT molecular complexity index is 849. The van der Waals surface area contributed by atoms with Crippen LogP contribution in [0.4, 0.5) is 0 Å². The van der Waals surface area contributed by atoms with Gasteiger partial charge in [0, 0.05) is 11.4 Å². The molecule has 0 aliphatic heterocycles. The molecule has 0 aliphatic rings. The van der Waals surface area contributed by atoms with Crippen molar-refractivity contribution < 1.29 is 9.32 Å². The zero-order valence-corrected chi connectivity index (χ0v) is 15.5. The molecular weight excluding hydrogens is 346 g/mol. The quantitative estimate of drug-likeness (QED) is 0.481. The van der Waals surface area contributed by atoms with Crippen molar-refractivity contribution in [2.45, 2.75) is 30.4 Å². The average Bonchev–Trinajstić information content (AvgIpc) is 3.10. The molecule has 3 rings (SSSR count). The normalized spacial score (nSPS) is 10.7. The Kier molecular flexibility index (Phi) is 6.44. The number of amides is 1. The first kappa shape index (κ1) is 18.2. The van der Waals surface area contributed by atoms with Crippen LogP contribution in [0.1, 0.15) is 34.1 Å². The third kappa shape index (κ3) is 5.20. The second-order valence-electron chi connectivity index (χ2n) is 5.87. The highest BCUT2D eigenvalue weighted by Gasteiger charge is 2.12. The van der Waals surface area contributed by atoms with Gasteiger partial charge in [-0.05, 0) is 37.5 Å². The smallest absolute Gasteiger partial charge is 0.252 e. The minimum absolute atomic E-state index is 0.0529. The number of aryl methyl sites for hydroxylation is 2. The fourth-order valence-corrected chi connectivity index (χ4v) is 3.44. The summed E-state index contributed by atoms with van der Waals surface area (Å²) < 4.78 is 5.13. The van der Waals surface area contributed by atoms with Gasteiger partial charge in [0.15, 0.2) is 5.82 Å². The number of hydrogen-bond acceptors (Lipinski definition) is 5. The maximum atomic E-state index is 12.5. The van der Waals surface area contributed by atoms with Crippen molar-refractivity contribution in [3.05, 3.63) is 77.4 Å². The van der Waals surface area contributed by atoms with Gasteiger partial charge in [0.2, 0.25) is 5.89 Å². The molecule has 0 radical (unpaired) electrons. The predicted molar refractivity (Wildman–Crippen MR) is 102 cm³/mol. The SMILES string of the molecule is Cc1noc(CSc2ccccc2C(=O)NCCCc2ccccc2)n1. The van der Waals surface area contributed by atoms with Crippen molar-refractivity contribution in [3.8, 4) is 0 Å². The number of nitrogens with one attached hydrogen (secondary N) is 1. The van der Waals surface area contributed by atoms with Crippen LogP contribution in [0.5, 0.6) is 0 Å². The molecule has 1 N–H and O–H groups in total. The lowest BCUT2D eigenvalue weighted by Gasteiger charge is -2.09. The Morgan fingerprint density at radius 3 is 2.65 bits per heavy atom. The number of aromatic nitrogens is 2. The summed E-state index contributed by atoms with van der Waals surface area (Å²) in [7, 11) is 0. The van der Waals surface area contributed by atoms with Gasteiger partial charge in [-0.2, -0.15) is 4.98 Å². The zero-order chi connectivity index (χ0) is 18.2. The highest BCUT2D eigenvalue weighted by Crippen LogP contribution is 2.25. The summed E-state index contributed by atoms with van der Waals surface area (Å²) in [6.07, 6.45) is 1.86.